The molecule has 5 unspecified atom stereocenters. The van der Waals surface area contributed by atoms with Crippen molar-refractivity contribution < 1.29 is 28.9 Å². The monoisotopic (exact) mass is 630 g/mol. The summed E-state index contributed by atoms with van der Waals surface area (Å²) in [4.78, 5) is 23.6. The number of thioether (sulfide) groups is 1. The first-order valence-electron chi connectivity index (χ1n) is 14.8. The van der Waals surface area contributed by atoms with Gasteiger partial charge in [-0.2, -0.15) is 0 Å². The van der Waals surface area contributed by atoms with E-state index in [1.807, 2.05) is 84.4 Å². The highest BCUT2D eigenvalue weighted by Gasteiger charge is 2.38. The van der Waals surface area contributed by atoms with Crippen LogP contribution in [0.4, 0.5) is 0 Å². The molecule has 1 aliphatic rings. The van der Waals surface area contributed by atoms with Crippen molar-refractivity contribution in [3.8, 4) is 11.1 Å². The van der Waals surface area contributed by atoms with Crippen LogP contribution in [0.2, 0.25) is 0 Å². The van der Waals surface area contributed by atoms with Crippen LogP contribution in [0.1, 0.15) is 55.4 Å². The molecule has 0 saturated carbocycles. The van der Waals surface area contributed by atoms with E-state index in [-0.39, 0.29) is 37.2 Å². The maximum atomic E-state index is 12.4. The molecule has 2 N–H and O–H groups in total. The van der Waals surface area contributed by atoms with Gasteiger partial charge in [-0.25, -0.2) is 0 Å². The number of aliphatic hydroxyl groups is 1. The fraction of sp³-hybridized carbons (Fsp3) is 0.353. The Hall–Kier alpha value is -4.03. The van der Waals surface area contributed by atoms with Crippen LogP contribution in [0.5, 0.6) is 0 Å². The number of aryl methyl sites for hydroxylation is 1. The molecule has 11 heteroatoms. The molecule has 0 aliphatic carbocycles. The first kappa shape index (κ1) is 32.4. The van der Waals surface area contributed by atoms with Crippen molar-refractivity contribution in [2.24, 2.45) is 13.0 Å². The van der Waals surface area contributed by atoms with Gasteiger partial charge in [-0.1, -0.05) is 91.5 Å². The Morgan fingerprint density at radius 3 is 2.42 bits per heavy atom. The number of carbonyl (C=O) groups excluding carboxylic acids is 2. The Balaban J connectivity index is 1.34. The fourth-order valence-electron chi connectivity index (χ4n) is 5.27. The lowest BCUT2D eigenvalue weighted by Crippen LogP contribution is -2.38. The van der Waals surface area contributed by atoms with Crippen molar-refractivity contribution in [3.63, 3.8) is 0 Å². The topological polar surface area (TPSA) is 125 Å². The number of aliphatic hydroxyl groups excluding tert-OH is 1. The summed E-state index contributed by atoms with van der Waals surface area (Å²) in [7, 11) is 1.92. The fourth-order valence-corrected chi connectivity index (χ4v) is 6.33. The number of amides is 1. The predicted octanol–water partition coefficient (Wildman–Crippen LogP) is 5.13. The maximum Gasteiger partial charge on any atom is 0.303 e. The molecule has 0 spiro atoms. The van der Waals surface area contributed by atoms with Crippen molar-refractivity contribution >= 4 is 23.6 Å². The highest BCUT2D eigenvalue weighted by Crippen LogP contribution is 2.43. The molecule has 10 nitrogen and oxygen atoms in total. The Morgan fingerprint density at radius 1 is 1.04 bits per heavy atom. The molecule has 5 rings (SSSR count). The van der Waals surface area contributed by atoms with Crippen molar-refractivity contribution in [1.29, 1.82) is 0 Å². The highest BCUT2D eigenvalue weighted by molar-refractivity contribution is 7.99. The van der Waals surface area contributed by atoms with Gasteiger partial charge in [-0.3, -0.25) is 9.59 Å². The molecule has 0 radical (unpaired) electrons. The van der Waals surface area contributed by atoms with Gasteiger partial charge in [0.1, 0.15) is 6.33 Å². The van der Waals surface area contributed by atoms with Crippen molar-refractivity contribution in [2.75, 3.05) is 5.75 Å². The van der Waals surface area contributed by atoms with Gasteiger partial charge in [0.05, 0.1) is 18.8 Å². The second-order valence-corrected chi connectivity index (χ2v) is 12.1. The lowest BCUT2D eigenvalue weighted by molar-refractivity contribution is -0.268. The summed E-state index contributed by atoms with van der Waals surface area (Å²) < 4.78 is 20.1. The van der Waals surface area contributed by atoms with Crippen LogP contribution in [0.25, 0.3) is 11.1 Å². The predicted molar refractivity (Wildman–Crippen MR) is 170 cm³/mol. The van der Waals surface area contributed by atoms with Crippen LogP contribution >= 0.6 is 11.8 Å². The molecule has 2 heterocycles. The number of hydrogen-bond donors (Lipinski definition) is 2. The quantitative estimate of drug-likeness (QED) is 0.172. The van der Waals surface area contributed by atoms with E-state index in [0.29, 0.717) is 5.75 Å². The molecule has 1 fully saturated rings. The van der Waals surface area contributed by atoms with Crippen molar-refractivity contribution in [2.45, 2.75) is 63.7 Å². The van der Waals surface area contributed by atoms with Crippen LogP contribution in [0, 0.1) is 5.92 Å². The van der Waals surface area contributed by atoms with Gasteiger partial charge in [-0.05, 0) is 34.7 Å². The summed E-state index contributed by atoms with van der Waals surface area (Å²) in [5, 5.41) is 21.4. The molecule has 5 atom stereocenters. The third-order valence-electron chi connectivity index (χ3n) is 7.85. The van der Waals surface area contributed by atoms with Gasteiger partial charge in [0, 0.05) is 37.8 Å². The molecule has 4 aromatic rings. The SMILES string of the molecule is CC(=O)OC(C)C(=O)NCc1ccccc1-c1ccc(C2OC(CSc3nncn3C)C(C)C(c3ccc(CO)cc3)O2)cc1. The van der Waals surface area contributed by atoms with Crippen molar-refractivity contribution in [1.82, 2.24) is 20.1 Å². The van der Waals surface area contributed by atoms with Crippen LogP contribution in [0.3, 0.4) is 0 Å². The zero-order valence-corrected chi connectivity index (χ0v) is 26.6. The van der Waals surface area contributed by atoms with Crippen LogP contribution in [0.15, 0.2) is 84.3 Å². The van der Waals surface area contributed by atoms with E-state index in [1.54, 1.807) is 25.0 Å². The van der Waals surface area contributed by atoms with Gasteiger partial charge >= 0.3 is 5.97 Å². The van der Waals surface area contributed by atoms with E-state index >= 15 is 0 Å². The van der Waals surface area contributed by atoms with E-state index in [1.165, 1.54) is 6.92 Å². The third kappa shape index (κ3) is 7.98. The summed E-state index contributed by atoms with van der Waals surface area (Å²) in [5.74, 6) is -0.137. The largest absolute Gasteiger partial charge is 0.453 e. The summed E-state index contributed by atoms with van der Waals surface area (Å²) in [6.07, 6.45) is -0.139. The third-order valence-corrected chi connectivity index (χ3v) is 8.97. The van der Waals surface area contributed by atoms with Crippen LogP contribution in [-0.2, 0) is 44.0 Å². The summed E-state index contributed by atoms with van der Waals surface area (Å²) in [6, 6.07) is 23.8. The molecule has 45 heavy (non-hydrogen) atoms. The van der Waals surface area contributed by atoms with Gasteiger partial charge in [0.15, 0.2) is 17.6 Å². The Morgan fingerprint density at radius 2 is 1.76 bits per heavy atom. The first-order valence-corrected chi connectivity index (χ1v) is 15.8. The molecule has 1 aromatic heterocycles. The maximum absolute atomic E-state index is 12.4. The number of rotatable bonds is 11. The number of ether oxygens (including phenoxy) is 3. The molecule has 1 aliphatic heterocycles. The van der Waals surface area contributed by atoms with Gasteiger partial charge in [-0.15, -0.1) is 10.2 Å². The molecule has 236 valence electrons. The number of carbonyl (C=O) groups is 2. The minimum absolute atomic E-state index is 0.0146. The Labute approximate surface area is 267 Å². The molecule has 1 amide bonds. The first-order chi connectivity index (χ1) is 21.7. The number of hydrogen-bond acceptors (Lipinski definition) is 9. The van der Waals surface area contributed by atoms with E-state index in [4.69, 9.17) is 14.2 Å². The van der Waals surface area contributed by atoms with Gasteiger partial charge in [0.25, 0.3) is 5.91 Å². The minimum atomic E-state index is -0.869. The molecule has 1 saturated heterocycles. The number of esters is 1. The summed E-state index contributed by atoms with van der Waals surface area (Å²) in [6.45, 7) is 5.23. The molecular weight excluding hydrogens is 592 g/mol. The molecule has 3 aromatic carbocycles. The minimum Gasteiger partial charge on any atom is -0.453 e. The number of nitrogens with zero attached hydrogens (tertiary/aromatic N) is 3. The smallest absolute Gasteiger partial charge is 0.303 e. The Bertz CT molecular complexity index is 1590. The van der Waals surface area contributed by atoms with Gasteiger partial charge in [0.2, 0.25) is 0 Å². The van der Waals surface area contributed by atoms with E-state index in [2.05, 4.69) is 22.4 Å². The average molecular weight is 631 g/mol. The normalized spacial score (nSPS) is 20.4. The summed E-state index contributed by atoms with van der Waals surface area (Å²) >= 11 is 1.60. The number of benzene rings is 3. The molecular formula is C34H38N4O6S. The highest BCUT2D eigenvalue weighted by atomic mass is 32.2. The van der Waals surface area contributed by atoms with E-state index in [9.17, 15) is 14.7 Å². The Kier molecular flexibility index (Phi) is 10.7. The summed E-state index contributed by atoms with van der Waals surface area (Å²) in [5.41, 5.74) is 5.64. The number of nitrogens with one attached hydrogen (secondary N) is 1. The zero-order chi connectivity index (χ0) is 31.9. The standard InChI is InChI=1S/C34H38N4O6S/c1-21-30(19-45-34-37-36-20-38(34)4)43-33(44-31(21)26-11-9-24(18-39)10-12-26)27-15-13-25(14-16-27)29-8-6-5-7-28(29)17-35-32(41)22(2)42-23(3)40/h5-16,20-22,30-31,33,39H,17-19H2,1-4H3,(H,35,41). The lowest BCUT2D eigenvalue weighted by Gasteiger charge is -2.41. The second kappa shape index (κ2) is 14.8. The van der Waals surface area contributed by atoms with Crippen LogP contribution in [-0.4, -0.2) is 49.7 Å². The molecule has 0 bridgehead atoms. The van der Waals surface area contributed by atoms with Crippen LogP contribution < -0.4 is 5.32 Å². The van der Waals surface area contributed by atoms with E-state index < -0.39 is 18.4 Å². The second-order valence-electron chi connectivity index (χ2n) is 11.1. The number of aromatic nitrogens is 3. The van der Waals surface area contributed by atoms with Crippen molar-refractivity contribution in [3.05, 3.63) is 101 Å². The zero-order valence-electron chi connectivity index (χ0n) is 25.8. The van der Waals surface area contributed by atoms with E-state index in [0.717, 1.165) is 38.5 Å². The van der Waals surface area contributed by atoms with Gasteiger partial charge < -0.3 is 29.2 Å². The lowest BCUT2D eigenvalue weighted by atomic mass is 9.91. The average Bonchev–Trinajstić information content (AvgIpc) is 3.47.